The Morgan fingerprint density at radius 3 is 2.95 bits per heavy atom. The zero-order valence-electron chi connectivity index (χ0n) is 12.3. The highest BCUT2D eigenvalue weighted by molar-refractivity contribution is 5.81. The molecule has 0 saturated heterocycles. The van der Waals surface area contributed by atoms with Gasteiger partial charge in [0.15, 0.2) is 0 Å². The first-order valence-electron chi connectivity index (χ1n) is 6.90. The Hall–Kier alpha value is -2.08. The Balaban J connectivity index is 2.00. The first-order chi connectivity index (χ1) is 9.95. The molecule has 0 saturated carbocycles. The minimum absolute atomic E-state index is 0.0395. The number of likely N-dealkylation sites (N-methyl/N-ethyl adjacent to an activating group) is 1. The quantitative estimate of drug-likeness (QED) is 0.621. The maximum atomic E-state index is 11.9. The Morgan fingerprint density at radius 1 is 1.48 bits per heavy atom. The lowest BCUT2D eigenvalue weighted by atomic mass is 9.89. The predicted octanol–water partition coefficient (Wildman–Crippen LogP) is 0.853. The van der Waals surface area contributed by atoms with Crippen molar-refractivity contribution in [3.63, 3.8) is 0 Å². The van der Waals surface area contributed by atoms with Crippen LogP contribution in [0.4, 0.5) is 0 Å². The van der Waals surface area contributed by atoms with E-state index >= 15 is 0 Å². The van der Waals surface area contributed by atoms with Gasteiger partial charge in [0.2, 0.25) is 5.91 Å². The summed E-state index contributed by atoms with van der Waals surface area (Å²) in [4.78, 5) is 25.5. The molecule has 1 heterocycles. The van der Waals surface area contributed by atoms with Gasteiger partial charge in [0.05, 0.1) is 6.42 Å². The molecule has 2 N–H and O–H groups in total. The van der Waals surface area contributed by atoms with Crippen molar-refractivity contribution >= 4 is 11.9 Å². The third-order valence-electron chi connectivity index (χ3n) is 3.39. The van der Waals surface area contributed by atoms with Gasteiger partial charge in [-0.25, -0.2) is 0 Å². The SMILES string of the molecule is CN(C)CCNC(=O)CC1CC(=O)Oc2cc(O)ccc21. The predicted molar refractivity (Wildman–Crippen MR) is 77.3 cm³/mol. The van der Waals surface area contributed by atoms with Crippen LogP contribution in [0.3, 0.4) is 0 Å². The second-order valence-electron chi connectivity index (χ2n) is 5.45. The number of hydrogen-bond donors (Lipinski definition) is 2. The van der Waals surface area contributed by atoms with Crippen LogP contribution in [-0.4, -0.2) is 49.1 Å². The molecule has 2 rings (SSSR count). The van der Waals surface area contributed by atoms with Gasteiger partial charge in [-0.15, -0.1) is 0 Å². The number of rotatable bonds is 5. The fourth-order valence-corrected chi connectivity index (χ4v) is 2.32. The van der Waals surface area contributed by atoms with Gasteiger partial charge in [-0.1, -0.05) is 6.07 Å². The molecule has 0 spiro atoms. The van der Waals surface area contributed by atoms with Gasteiger partial charge in [-0.2, -0.15) is 0 Å². The van der Waals surface area contributed by atoms with E-state index in [2.05, 4.69) is 5.32 Å². The van der Waals surface area contributed by atoms with Crippen LogP contribution in [0.5, 0.6) is 11.5 Å². The monoisotopic (exact) mass is 292 g/mol. The zero-order chi connectivity index (χ0) is 15.4. The van der Waals surface area contributed by atoms with Gasteiger partial charge in [-0.05, 0) is 25.7 Å². The molecule has 6 heteroatoms. The molecular formula is C15H20N2O4. The first kappa shape index (κ1) is 15.3. The number of ether oxygens (including phenoxy) is 1. The van der Waals surface area contributed by atoms with Crippen molar-refractivity contribution in [1.82, 2.24) is 10.2 Å². The second kappa shape index (κ2) is 6.58. The van der Waals surface area contributed by atoms with E-state index in [1.807, 2.05) is 19.0 Å². The number of carbonyl (C=O) groups is 2. The molecule has 0 bridgehead atoms. The molecule has 0 radical (unpaired) electrons. The van der Waals surface area contributed by atoms with E-state index < -0.39 is 0 Å². The number of fused-ring (bicyclic) bond motifs is 1. The van der Waals surface area contributed by atoms with Crippen molar-refractivity contribution < 1.29 is 19.4 Å². The Labute approximate surface area is 123 Å². The number of hydrogen-bond acceptors (Lipinski definition) is 5. The van der Waals surface area contributed by atoms with Gasteiger partial charge >= 0.3 is 5.97 Å². The summed E-state index contributed by atoms with van der Waals surface area (Å²) in [5.74, 6) is -0.286. The zero-order valence-corrected chi connectivity index (χ0v) is 12.3. The number of amides is 1. The number of benzene rings is 1. The Morgan fingerprint density at radius 2 is 2.24 bits per heavy atom. The molecule has 1 aromatic carbocycles. The second-order valence-corrected chi connectivity index (χ2v) is 5.45. The topological polar surface area (TPSA) is 78.9 Å². The number of phenols is 1. The largest absolute Gasteiger partial charge is 0.508 e. The number of carbonyl (C=O) groups excluding carboxylic acids is 2. The molecule has 1 unspecified atom stereocenters. The lowest BCUT2D eigenvalue weighted by Gasteiger charge is -2.24. The van der Waals surface area contributed by atoms with Gasteiger partial charge in [-0.3, -0.25) is 9.59 Å². The van der Waals surface area contributed by atoms with Crippen LogP contribution < -0.4 is 10.1 Å². The number of phenolic OH excluding ortho intramolecular Hbond substituents is 1. The van der Waals surface area contributed by atoms with Crippen LogP contribution in [0, 0.1) is 0 Å². The van der Waals surface area contributed by atoms with Gasteiger partial charge in [0.25, 0.3) is 0 Å². The maximum absolute atomic E-state index is 11.9. The molecule has 1 aromatic rings. The molecule has 0 aliphatic carbocycles. The van der Waals surface area contributed by atoms with Crippen LogP contribution in [0.1, 0.15) is 24.3 Å². The summed E-state index contributed by atoms with van der Waals surface area (Å²) in [6.45, 7) is 1.34. The van der Waals surface area contributed by atoms with E-state index in [0.29, 0.717) is 12.3 Å². The van der Waals surface area contributed by atoms with Crippen LogP contribution in [0.2, 0.25) is 0 Å². The number of nitrogens with one attached hydrogen (secondary N) is 1. The summed E-state index contributed by atoms with van der Waals surface area (Å²) in [5.41, 5.74) is 0.787. The summed E-state index contributed by atoms with van der Waals surface area (Å²) < 4.78 is 5.10. The third-order valence-corrected chi connectivity index (χ3v) is 3.39. The van der Waals surface area contributed by atoms with Gasteiger partial charge in [0, 0.05) is 31.5 Å². The standard InChI is InChI=1S/C15H20N2O4/c1-17(2)6-5-16-14(19)7-10-8-15(20)21-13-9-11(18)3-4-12(10)13/h3-4,9-10,18H,5-8H2,1-2H3,(H,16,19). The van der Waals surface area contributed by atoms with Crippen LogP contribution in [-0.2, 0) is 9.59 Å². The van der Waals surface area contributed by atoms with E-state index in [1.165, 1.54) is 12.1 Å². The molecule has 1 amide bonds. The normalized spacial score (nSPS) is 17.3. The van der Waals surface area contributed by atoms with Crippen molar-refractivity contribution in [2.24, 2.45) is 0 Å². The minimum atomic E-state index is -0.376. The summed E-state index contributed by atoms with van der Waals surface area (Å²) >= 11 is 0. The van der Waals surface area contributed by atoms with Crippen molar-refractivity contribution in [3.8, 4) is 11.5 Å². The molecule has 0 fully saturated rings. The summed E-state index contributed by atoms with van der Waals surface area (Å²) in [6.07, 6.45) is 0.416. The van der Waals surface area contributed by atoms with Crippen molar-refractivity contribution in [2.75, 3.05) is 27.2 Å². The summed E-state index contributed by atoms with van der Waals surface area (Å²) in [5, 5.41) is 12.3. The molecule has 1 aliphatic rings. The molecule has 21 heavy (non-hydrogen) atoms. The number of esters is 1. The average molecular weight is 292 g/mol. The number of aromatic hydroxyl groups is 1. The fraction of sp³-hybridized carbons (Fsp3) is 0.467. The van der Waals surface area contributed by atoms with Crippen LogP contribution >= 0.6 is 0 Å². The highest BCUT2D eigenvalue weighted by Crippen LogP contribution is 2.38. The molecule has 0 aromatic heterocycles. The Kier molecular flexibility index (Phi) is 4.80. The lowest BCUT2D eigenvalue weighted by molar-refractivity contribution is -0.136. The smallest absolute Gasteiger partial charge is 0.311 e. The molecule has 1 atom stereocenters. The third kappa shape index (κ3) is 4.19. The highest BCUT2D eigenvalue weighted by atomic mass is 16.5. The van der Waals surface area contributed by atoms with Crippen molar-refractivity contribution in [2.45, 2.75) is 18.8 Å². The number of nitrogens with zero attached hydrogens (tertiary/aromatic N) is 1. The molecule has 114 valence electrons. The summed E-state index contributed by atoms with van der Waals surface area (Å²) in [6, 6.07) is 4.65. The van der Waals surface area contributed by atoms with E-state index in [-0.39, 0.29) is 36.4 Å². The summed E-state index contributed by atoms with van der Waals surface area (Å²) in [7, 11) is 3.87. The Bertz CT molecular complexity index is 542. The maximum Gasteiger partial charge on any atom is 0.311 e. The highest BCUT2D eigenvalue weighted by Gasteiger charge is 2.29. The van der Waals surface area contributed by atoms with E-state index in [1.54, 1.807) is 6.07 Å². The van der Waals surface area contributed by atoms with Crippen molar-refractivity contribution in [1.29, 1.82) is 0 Å². The fourth-order valence-electron chi connectivity index (χ4n) is 2.32. The van der Waals surface area contributed by atoms with E-state index in [4.69, 9.17) is 4.74 Å². The molecule has 1 aliphatic heterocycles. The van der Waals surface area contributed by atoms with Crippen LogP contribution in [0.15, 0.2) is 18.2 Å². The van der Waals surface area contributed by atoms with Gasteiger partial charge in [0.1, 0.15) is 11.5 Å². The van der Waals surface area contributed by atoms with E-state index in [0.717, 1.165) is 12.1 Å². The van der Waals surface area contributed by atoms with E-state index in [9.17, 15) is 14.7 Å². The minimum Gasteiger partial charge on any atom is -0.508 e. The van der Waals surface area contributed by atoms with Crippen LogP contribution in [0.25, 0.3) is 0 Å². The van der Waals surface area contributed by atoms with Gasteiger partial charge < -0.3 is 20.1 Å². The molecule has 6 nitrogen and oxygen atoms in total. The average Bonchev–Trinajstić information content (AvgIpc) is 2.37. The van der Waals surface area contributed by atoms with Crippen molar-refractivity contribution in [3.05, 3.63) is 23.8 Å². The first-order valence-corrected chi connectivity index (χ1v) is 6.90. The lowest BCUT2D eigenvalue weighted by Crippen LogP contribution is -2.33. The molecular weight excluding hydrogens is 272 g/mol.